The normalized spacial score (nSPS) is 10.9. The van der Waals surface area contributed by atoms with Gasteiger partial charge in [0.05, 0.1) is 35.0 Å². The third-order valence-electron chi connectivity index (χ3n) is 5.02. The van der Waals surface area contributed by atoms with Gasteiger partial charge in [0.15, 0.2) is 0 Å². The zero-order chi connectivity index (χ0) is 23.7. The molecule has 0 saturated carbocycles. The van der Waals surface area contributed by atoms with Crippen molar-refractivity contribution < 1.29 is 23.1 Å². The van der Waals surface area contributed by atoms with E-state index in [2.05, 4.69) is 10.3 Å². The van der Waals surface area contributed by atoms with Gasteiger partial charge in [0.1, 0.15) is 17.4 Å². The molecule has 0 bridgehead atoms. The summed E-state index contributed by atoms with van der Waals surface area (Å²) in [5.74, 6) is -2.91. The number of pyridine rings is 1. The van der Waals surface area contributed by atoms with Crippen molar-refractivity contribution in [1.29, 1.82) is 0 Å². The van der Waals surface area contributed by atoms with Crippen molar-refractivity contribution >= 4 is 51.5 Å². The fraction of sp³-hybridized carbons (Fsp3) is 0.0870. The second-order valence-corrected chi connectivity index (χ2v) is 7.83. The van der Waals surface area contributed by atoms with Crippen LogP contribution in [0.5, 0.6) is 5.75 Å². The first-order chi connectivity index (χ1) is 15.8. The topological polar surface area (TPSA) is 73.2 Å². The Bertz CT molecular complexity index is 1360. The minimum absolute atomic E-state index is 0.0134. The second kappa shape index (κ2) is 9.17. The Balaban J connectivity index is 1.76. The van der Waals surface area contributed by atoms with Gasteiger partial charge in [-0.25, -0.2) is 8.78 Å². The van der Waals surface area contributed by atoms with E-state index in [4.69, 9.17) is 27.9 Å². The molecule has 1 N–H and O–H groups in total. The Labute approximate surface area is 196 Å². The van der Waals surface area contributed by atoms with Crippen molar-refractivity contribution in [2.75, 3.05) is 12.4 Å². The van der Waals surface area contributed by atoms with E-state index in [1.54, 1.807) is 18.2 Å². The largest absolute Gasteiger partial charge is 0.497 e. The van der Waals surface area contributed by atoms with Crippen molar-refractivity contribution in [2.45, 2.75) is 6.54 Å². The molecule has 0 spiro atoms. The van der Waals surface area contributed by atoms with Crippen LogP contribution >= 0.6 is 23.2 Å². The molecular weight excluding hydrogens is 475 g/mol. The number of ketones is 1. The number of nitrogens with one attached hydrogen (secondary N) is 1. The Morgan fingerprint density at radius 3 is 2.39 bits per heavy atom. The molecule has 6 nitrogen and oxygen atoms in total. The maximum Gasteiger partial charge on any atom is 0.296 e. The first-order valence-electron chi connectivity index (χ1n) is 9.54. The quantitative estimate of drug-likeness (QED) is 0.286. The van der Waals surface area contributed by atoms with Crippen LogP contribution in [0.25, 0.3) is 10.9 Å². The number of nitrogens with zero attached hydrogens (tertiary/aromatic N) is 2. The number of anilines is 1. The van der Waals surface area contributed by atoms with Crippen molar-refractivity contribution in [3.05, 3.63) is 87.8 Å². The Morgan fingerprint density at radius 1 is 1.09 bits per heavy atom. The summed E-state index contributed by atoms with van der Waals surface area (Å²) in [5.41, 5.74) is 0.361. The van der Waals surface area contributed by atoms with Gasteiger partial charge in [0.2, 0.25) is 0 Å². The van der Waals surface area contributed by atoms with Crippen LogP contribution in [-0.4, -0.2) is 28.4 Å². The number of hydrogen-bond acceptors (Lipinski definition) is 4. The molecule has 0 aliphatic carbocycles. The summed E-state index contributed by atoms with van der Waals surface area (Å²) in [6, 6.07) is 8.40. The molecule has 0 radical (unpaired) electrons. The summed E-state index contributed by atoms with van der Waals surface area (Å²) in [6.07, 6.45) is 3.91. The van der Waals surface area contributed by atoms with Gasteiger partial charge in [0, 0.05) is 35.1 Å². The molecule has 2 aromatic carbocycles. The van der Waals surface area contributed by atoms with Crippen LogP contribution in [-0.2, 0) is 11.3 Å². The first-order valence-corrected chi connectivity index (χ1v) is 10.3. The van der Waals surface area contributed by atoms with E-state index in [1.807, 2.05) is 0 Å². The van der Waals surface area contributed by atoms with Gasteiger partial charge in [-0.05, 0) is 30.3 Å². The van der Waals surface area contributed by atoms with Crippen molar-refractivity contribution in [1.82, 2.24) is 9.55 Å². The zero-order valence-electron chi connectivity index (χ0n) is 17.0. The number of benzene rings is 2. The van der Waals surface area contributed by atoms with Crippen molar-refractivity contribution in [2.24, 2.45) is 0 Å². The maximum atomic E-state index is 14.2. The lowest BCUT2D eigenvalue weighted by Crippen LogP contribution is -2.23. The zero-order valence-corrected chi connectivity index (χ0v) is 18.5. The summed E-state index contributed by atoms with van der Waals surface area (Å²) in [5, 5.41) is 2.88. The number of fused-ring (bicyclic) bond motifs is 1. The molecule has 0 saturated heterocycles. The minimum Gasteiger partial charge on any atom is -0.497 e. The van der Waals surface area contributed by atoms with Crippen molar-refractivity contribution in [3.63, 3.8) is 0 Å². The number of carbonyl (C=O) groups is 2. The van der Waals surface area contributed by atoms with Crippen LogP contribution in [0.3, 0.4) is 0 Å². The smallest absolute Gasteiger partial charge is 0.296 e. The number of aromatic nitrogens is 2. The number of carbonyl (C=O) groups excluding carboxylic acids is 2. The average Bonchev–Trinajstić information content (AvgIpc) is 3.15. The van der Waals surface area contributed by atoms with Gasteiger partial charge in [-0.2, -0.15) is 0 Å². The lowest BCUT2D eigenvalue weighted by molar-refractivity contribution is -0.112. The molecular formula is C23H15Cl2F2N3O3. The molecule has 168 valence electrons. The molecule has 0 aliphatic heterocycles. The van der Waals surface area contributed by atoms with Crippen LogP contribution in [0.4, 0.5) is 14.5 Å². The predicted molar refractivity (Wildman–Crippen MR) is 121 cm³/mol. The van der Waals surface area contributed by atoms with Gasteiger partial charge in [0.25, 0.3) is 11.7 Å². The molecule has 2 aromatic heterocycles. The third-order valence-corrected chi connectivity index (χ3v) is 5.59. The Morgan fingerprint density at radius 2 is 1.76 bits per heavy atom. The Kier molecular flexibility index (Phi) is 6.31. The molecule has 4 rings (SSSR count). The van der Waals surface area contributed by atoms with E-state index in [0.29, 0.717) is 16.7 Å². The van der Waals surface area contributed by atoms with Crippen LogP contribution in [0, 0.1) is 11.6 Å². The van der Waals surface area contributed by atoms with E-state index in [-0.39, 0.29) is 33.4 Å². The molecule has 0 aliphatic rings. The maximum absolute atomic E-state index is 14.2. The van der Waals surface area contributed by atoms with Gasteiger partial charge in [-0.15, -0.1) is 0 Å². The second-order valence-electron chi connectivity index (χ2n) is 7.02. The SMILES string of the molecule is COc1ccc2c(c1)c(C(=O)C(=O)Nc1c(Cl)cncc1Cl)cn2Cc1c(F)cccc1F. The van der Waals surface area contributed by atoms with E-state index in [0.717, 1.165) is 12.1 Å². The summed E-state index contributed by atoms with van der Waals surface area (Å²) in [4.78, 5) is 29.6. The minimum atomic E-state index is -0.996. The number of Topliss-reactive ketones (excluding diaryl/α,β-unsaturated/α-hetero) is 1. The average molecular weight is 490 g/mol. The molecule has 0 fully saturated rings. The van der Waals surface area contributed by atoms with Crippen LogP contribution < -0.4 is 10.1 Å². The van der Waals surface area contributed by atoms with E-state index >= 15 is 0 Å². The Hall–Kier alpha value is -3.49. The highest BCUT2D eigenvalue weighted by Crippen LogP contribution is 2.31. The van der Waals surface area contributed by atoms with Gasteiger partial charge >= 0.3 is 0 Å². The summed E-state index contributed by atoms with van der Waals surface area (Å²) in [7, 11) is 1.45. The molecule has 1 amide bonds. The summed E-state index contributed by atoms with van der Waals surface area (Å²) >= 11 is 12.0. The number of rotatable bonds is 6. The van der Waals surface area contributed by atoms with Crippen LogP contribution in [0.2, 0.25) is 10.0 Å². The molecule has 0 unspecified atom stereocenters. The van der Waals surface area contributed by atoms with E-state index < -0.39 is 23.3 Å². The molecule has 0 atom stereocenters. The summed E-state index contributed by atoms with van der Waals surface area (Å²) in [6.45, 7) is -0.196. The lowest BCUT2D eigenvalue weighted by atomic mass is 10.1. The highest BCUT2D eigenvalue weighted by atomic mass is 35.5. The number of methoxy groups -OCH3 is 1. The van der Waals surface area contributed by atoms with Gasteiger partial charge < -0.3 is 14.6 Å². The van der Waals surface area contributed by atoms with E-state index in [9.17, 15) is 18.4 Å². The van der Waals surface area contributed by atoms with Gasteiger partial charge in [-0.1, -0.05) is 29.3 Å². The summed E-state index contributed by atoms with van der Waals surface area (Å²) < 4.78 is 35.2. The van der Waals surface area contributed by atoms with Crippen LogP contribution in [0.1, 0.15) is 15.9 Å². The number of halogens is 4. The number of ether oxygens (including phenoxy) is 1. The van der Waals surface area contributed by atoms with Crippen LogP contribution in [0.15, 0.2) is 55.0 Å². The number of hydrogen-bond donors (Lipinski definition) is 1. The fourth-order valence-electron chi connectivity index (χ4n) is 3.39. The predicted octanol–water partition coefficient (Wildman–Crippen LogP) is 5.50. The third kappa shape index (κ3) is 4.40. The number of amides is 1. The van der Waals surface area contributed by atoms with Gasteiger partial charge in [-0.3, -0.25) is 14.6 Å². The lowest BCUT2D eigenvalue weighted by Gasteiger charge is -2.08. The molecule has 33 heavy (non-hydrogen) atoms. The van der Waals surface area contributed by atoms with Crippen molar-refractivity contribution in [3.8, 4) is 5.75 Å². The highest BCUT2D eigenvalue weighted by molar-refractivity contribution is 6.50. The standard InChI is InChI=1S/C23H15Cl2F2N3O3/c1-33-12-5-6-20-13(7-12)14(10-30(20)11-15-18(26)3-2-4-19(15)27)22(31)23(32)29-21-16(24)8-28-9-17(21)25/h2-10H,11H2,1H3,(H,28,29,32). The first kappa shape index (κ1) is 22.7. The molecule has 10 heteroatoms. The fourth-order valence-corrected chi connectivity index (χ4v) is 3.85. The molecule has 4 aromatic rings. The van der Waals surface area contributed by atoms with E-state index in [1.165, 1.54) is 36.3 Å². The highest BCUT2D eigenvalue weighted by Gasteiger charge is 2.24. The monoisotopic (exact) mass is 489 g/mol. The molecule has 2 heterocycles.